The Morgan fingerprint density at radius 1 is 1.03 bits per heavy atom. The lowest BCUT2D eigenvalue weighted by molar-refractivity contribution is 0.169. The molecule has 0 bridgehead atoms. The first kappa shape index (κ1) is 21.3. The second-order valence-electron chi connectivity index (χ2n) is 8.67. The molecule has 1 aromatic heterocycles. The molecular weight excluding hydrogens is 422 g/mol. The van der Waals surface area contributed by atoms with E-state index in [1.54, 1.807) is 28.6 Å². The van der Waals surface area contributed by atoms with Crippen molar-refractivity contribution in [3.8, 4) is 0 Å². The molecule has 0 amide bonds. The van der Waals surface area contributed by atoms with E-state index in [1.807, 2.05) is 18.2 Å². The van der Waals surface area contributed by atoms with Crippen molar-refractivity contribution in [3.05, 3.63) is 58.9 Å². The summed E-state index contributed by atoms with van der Waals surface area (Å²) >= 11 is 6.00. The lowest BCUT2D eigenvalue weighted by Crippen LogP contribution is -2.48. The molecule has 0 saturated carbocycles. The van der Waals surface area contributed by atoms with E-state index in [0.717, 1.165) is 11.1 Å². The highest BCUT2D eigenvalue weighted by Crippen LogP contribution is 2.26. The van der Waals surface area contributed by atoms with Crippen LogP contribution in [0, 0.1) is 0 Å². The number of oxazole rings is 1. The molecule has 1 aliphatic heterocycles. The van der Waals surface area contributed by atoms with Gasteiger partial charge in [-0.1, -0.05) is 44.5 Å². The normalized spacial score (nSPS) is 16.9. The Morgan fingerprint density at radius 3 is 2.33 bits per heavy atom. The number of nitrogens with zero attached hydrogens (tertiary/aromatic N) is 3. The Hall–Kier alpha value is -1.93. The van der Waals surface area contributed by atoms with Crippen LogP contribution in [0.1, 0.15) is 32.2 Å². The van der Waals surface area contributed by atoms with Crippen molar-refractivity contribution < 1.29 is 12.8 Å². The van der Waals surface area contributed by atoms with Gasteiger partial charge in [0, 0.05) is 37.3 Å². The first-order valence-corrected chi connectivity index (χ1v) is 11.8. The highest BCUT2D eigenvalue weighted by Gasteiger charge is 2.29. The van der Waals surface area contributed by atoms with Crippen LogP contribution < -0.4 is 0 Å². The standard InChI is InChI=1S/C22H26ClN3O3S/c1-22(2,3)16-4-7-18(8-5-16)30(27,28)26-12-10-25(11-13-26)15-21-24-19-9-6-17(23)14-20(19)29-21/h4-9,14H,10-13,15H2,1-3H3. The molecule has 4 rings (SSSR count). The van der Waals surface area contributed by atoms with Crippen LogP contribution in [0.25, 0.3) is 11.1 Å². The van der Waals surface area contributed by atoms with E-state index in [9.17, 15) is 8.42 Å². The van der Waals surface area contributed by atoms with Gasteiger partial charge in [0.25, 0.3) is 0 Å². The van der Waals surface area contributed by atoms with Crippen molar-refractivity contribution >= 4 is 32.7 Å². The van der Waals surface area contributed by atoms with E-state index < -0.39 is 10.0 Å². The fraction of sp³-hybridized carbons (Fsp3) is 0.409. The number of sulfonamides is 1. The fourth-order valence-corrected chi connectivity index (χ4v) is 5.19. The molecule has 160 valence electrons. The zero-order valence-corrected chi connectivity index (χ0v) is 19.0. The number of aromatic nitrogens is 1. The molecule has 2 heterocycles. The zero-order chi connectivity index (χ0) is 21.5. The maximum Gasteiger partial charge on any atom is 0.243 e. The first-order valence-electron chi connectivity index (χ1n) is 10.0. The Kier molecular flexibility index (Phi) is 5.66. The van der Waals surface area contributed by atoms with Gasteiger partial charge in [-0.3, -0.25) is 4.90 Å². The molecule has 1 aliphatic rings. The third kappa shape index (κ3) is 4.39. The van der Waals surface area contributed by atoms with Gasteiger partial charge in [0.1, 0.15) is 5.52 Å². The van der Waals surface area contributed by atoms with Gasteiger partial charge in [0.15, 0.2) is 5.58 Å². The molecule has 0 N–H and O–H groups in total. The molecule has 0 atom stereocenters. The molecule has 0 unspecified atom stereocenters. The van der Waals surface area contributed by atoms with E-state index in [2.05, 4.69) is 30.7 Å². The van der Waals surface area contributed by atoms with Crippen LogP contribution in [-0.2, 0) is 22.0 Å². The van der Waals surface area contributed by atoms with Crippen LogP contribution in [0.2, 0.25) is 5.02 Å². The number of hydrogen-bond acceptors (Lipinski definition) is 5. The molecule has 0 radical (unpaired) electrons. The molecule has 1 saturated heterocycles. The van der Waals surface area contributed by atoms with Gasteiger partial charge in [0.2, 0.25) is 15.9 Å². The average Bonchev–Trinajstić information content (AvgIpc) is 3.09. The largest absolute Gasteiger partial charge is 0.439 e. The van der Waals surface area contributed by atoms with E-state index in [-0.39, 0.29) is 5.41 Å². The van der Waals surface area contributed by atoms with E-state index >= 15 is 0 Å². The topological polar surface area (TPSA) is 66.7 Å². The lowest BCUT2D eigenvalue weighted by Gasteiger charge is -2.33. The van der Waals surface area contributed by atoms with Gasteiger partial charge in [-0.05, 0) is 35.2 Å². The van der Waals surface area contributed by atoms with Crippen LogP contribution in [-0.4, -0.2) is 48.8 Å². The minimum atomic E-state index is -3.49. The predicted octanol–water partition coefficient (Wildman–Crippen LogP) is 4.29. The molecule has 8 heteroatoms. The highest BCUT2D eigenvalue weighted by atomic mass is 35.5. The number of hydrogen-bond donors (Lipinski definition) is 0. The van der Waals surface area contributed by atoms with E-state index in [0.29, 0.717) is 54.1 Å². The molecule has 3 aromatic rings. The van der Waals surface area contributed by atoms with Crippen molar-refractivity contribution in [1.29, 1.82) is 0 Å². The summed E-state index contributed by atoms with van der Waals surface area (Å²) < 4.78 is 33.4. The minimum absolute atomic E-state index is 0.00998. The van der Waals surface area contributed by atoms with Gasteiger partial charge >= 0.3 is 0 Å². The molecule has 30 heavy (non-hydrogen) atoms. The van der Waals surface area contributed by atoms with Gasteiger partial charge in [0.05, 0.1) is 11.4 Å². The Labute approximate surface area is 182 Å². The Morgan fingerprint density at radius 2 is 1.70 bits per heavy atom. The average molecular weight is 448 g/mol. The van der Waals surface area contributed by atoms with Crippen LogP contribution in [0.3, 0.4) is 0 Å². The second-order valence-corrected chi connectivity index (χ2v) is 11.0. The minimum Gasteiger partial charge on any atom is -0.439 e. The number of benzene rings is 2. The first-order chi connectivity index (χ1) is 14.1. The lowest BCUT2D eigenvalue weighted by atomic mass is 9.87. The fourth-order valence-electron chi connectivity index (χ4n) is 3.61. The van der Waals surface area contributed by atoms with Gasteiger partial charge in [-0.15, -0.1) is 0 Å². The second kappa shape index (κ2) is 7.96. The van der Waals surface area contributed by atoms with Crippen molar-refractivity contribution in [2.75, 3.05) is 26.2 Å². The smallest absolute Gasteiger partial charge is 0.243 e. The predicted molar refractivity (Wildman–Crippen MR) is 118 cm³/mol. The van der Waals surface area contributed by atoms with Crippen LogP contribution in [0.4, 0.5) is 0 Å². The Bertz CT molecular complexity index is 1140. The molecule has 6 nitrogen and oxygen atoms in total. The zero-order valence-electron chi connectivity index (χ0n) is 17.4. The van der Waals surface area contributed by atoms with Crippen LogP contribution >= 0.6 is 11.6 Å². The van der Waals surface area contributed by atoms with Crippen molar-refractivity contribution in [1.82, 2.24) is 14.2 Å². The Balaban J connectivity index is 1.40. The number of rotatable bonds is 4. The summed E-state index contributed by atoms with van der Waals surface area (Å²) in [7, 11) is -3.49. The summed E-state index contributed by atoms with van der Waals surface area (Å²) in [6.45, 7) is 9.01. The maximum atomic E-state index is 13.0. The number of halogens is 1. The number of piperazine rings is 1. The molecule has 2 aromatic carbocycles. The number of fused-ring (bicyclic) bond motifs is 1. The molecule has 0 spiro atoms. The van der Waals surface area contributed by atoms with Crippen molar-refractivity contribution in [2.45, 2.75) is 37.6 Å². The van der Waals surface area contributed by atoms with Crippen molar-refractivity contribution in [2.24, 2.45) is 0 Å². The van der Waals surface area contributed by atoms with Crippen molar-refractivity contribution in [3.63, 3.8) is 0 Å². The summed E-state index contributed by atoms with van der Waals surface area (Å²) in [5.74, 6) is 0.612. The van der Waals surface area contributed by atoms with Crippen LogP contribution in [0.15, 0.2) is 51.8 Å². The summed E-state index contributed by atoms with van der Waals surface area (Å²) in [6, 6.07) is 12.6. The van der Waals surface area contributed by atoms with Gasteiger partial charge < -0.3 is 4.42 Å². The van der Waals surface area contributed by atoms with E-state index in [4.69, 9.17) is 16.0 Å². The summed E-state index contributed by atoms with van der Waals surface area (Å²) in [5.41, 5.74) is 2.54. The summed E-state index contributed by atoms with van der Waals surface area (Å²) in [5, 5.41) is 0.611. The van der Waals surface area contributed by atoms with Gasteiger partial charge in [-0.2, -0.15) is 4.31 Å². The van der Waals surface area contributed by atoms with Gasteiger partial charge in [-0.25, -0.2) is 13.4 Å². The van der Waals surface area contributed by atoms with Crippen LogP contribution in [0.5, 0.6) is 0 Å². The molecule has 0 aliphatic carbocycles. The van der Waals surface area contributed by atoms with E-state index in [1.165, 1.54) is 0 Å². The monoisotopic (exact) mass is 447 g/mol. The highest BCUT2D eigenvalue weighted by molar-refractivity contribution is 7.89. The summed E-state index contributed by atoms with van der Waals surface area (Å²) in [4.78, 5) is 6.99. The quantitative estimate of drug-likeness (QED) is 0.597. The third-order valence-electron chi connectivity index (χ3n) is 5.44. The maximum absolute atomic E-state index is 13.0. The molecule has 1 fully saturated rings. The molecular formula is C22H26ClN3O3S. The SMILES string of the molecule is CC(C)(C)c1ccc(S(=O)(=O)N2CCN(Cc3nc4ccc(Cl)cc4o3)CC2)cc1. The summed E-state index contributed by atoms with van der Waals surface area (Å²) in [6.07, 6.45) is 0. The third-order valence-corrected chi connectivity index (χ3v) is 7.59.